The molecule has 2 saturated heterocycles. The average molecular weight is 353 g/mol. The smallest absolute Gasteiger partial charge is 0.278 e. The summed E-state index contributed by atoms with van der Waals surface area (Å²) in [6.07, 6.45) is -3.27. The van der Waals surface area contributed by atoms with Crippen molar-refractivity contribution in [3.05, 3.63) is 16.7 Å². The van der Waals surface area contributed by atoms with Crippen molar-refractivity contribution in [1.29, 1.82) is 0 Å². The molecule has 0 spiro atoms. The van der Waals surface area contributed by atoms with Crippen molar-refractivity contribution in [2.45, 2.75) is 24.5 Å². The van der Waals surface area contributed by atoms with Crippen LogP contribution in [-0.2, 0) is 9.47 Å². The molecule has 4 N–H and O–H groups in total. The fourth-order valence-electron chi connectivity index (χ4n) is 3.22. The highest BCUT2D eigenvalue weighted by Gasteiger charge is 2.45. The minimum atomic E-state index is -1.30. The summed E-state index contributed by atoms with van der Waals surface area (Å²) in [7, 11) is 0. The van der Waals surface area contributed by atoms with Crippen LogP contribution in [0.2, 0.25) is 0 Å². The van der Waals surface area contributed by atoms with Crippen molar-refractivity contribution in [3.8, 4) is 0 Å². The Labute approximate surface area is 141 Å². The molecule has 0 unspecified atom stereocenters. The molecule has 2 aliphatic rings. The van der Waals surface area contributed by atoms with E-state index in [0.717, 1.165) is 0 Å². The standard InChI is InChI=1S/C14H19N5O6/c20-5-7-9(21)10(22)13(25-7)19-11-8(12(23)16-6-15-11)17-14(19)18-1-3-24-4-2-18/h6-7,9-10,13,20-22H,1-5H2,(H,15,16,23)/t7-,9+,10-,13-/m0/s1. The number of aromatic amines is 1. The van der Waals surface area contributed by atoms with Crippen LogP contribution in [0.15, 0.2) is 11.1 Å². The number of imidazole rings is 1. The Morgan fingerprint density at radius 3 is 2.72 bits per heavy atom. The van der Waals surface area contributed by atoms with Crippen molar-refractivity contribution in [1.82, 2.24) is 19.5 Å². The second-order valence-corrected chi connectivity index (χ2v) is 6.01. The Bertz CT molecular complexity index is 816. The molecule has 11 nitrogen and oxygen atoms in total. The third-order valence-electron chi connectivity index (χ3n) is 4.53. The van der Waals surface area contributed by atoms with E-state index in [0.29, 0.717) is 32.3 Å². The van der Waals surface area contributed by atoms with Crippen LogP contribution in [0.25, 0.3) is 11.2 Å². The molecule has 0 aliphatic carbocycles. The molecule has 2 aliphatic heterocycles. The Balaban J connectivity index is 1.86. The van der Waals surface area contributed by atoms with Gasteiger partial charge in [0.1, 0.15) is 18.3 Å². The van der Waals surface area contributed by atoms with Gasteiger partial charge in [-0.1, -0.05) is 0 Å². The highest BCUT2D eigenvalue weighted by Crippen LogP contribution is 2.34. The van der Waals surface area contributed by atoms with Gasteiger partial charge >= 0.3 is 0 Å². The molecule has 0 bridgehead atoms. The fraction of sp³-hybridized carbons (Fsp3) is 0.643. The maximum atomic E-state index is 12.1. The maximum Gasteiger partial charge on any atom is 0.278 e. The molecule has 136 valence electrons. The number of aliphatic hydroxyl groups excluding tert-OH is 3. The van der Waals surface area contributed by atoms with Crippen molar-refractivity contribution in [2.75, 3.05) is 37.8 Å². The van der Waals surface area contributed by atoms with Gasteiger partial charge in [-0.25, -0.2) is 9.97 Å². The first-order valence-electron chi connectivity index (χ1n) is 8.02. The van der Waals surface area contributed by atoms with Crippen molar-refractivity contribution < 1.29 is 24.8 Å². The van der Waals surface area contributed by atoms with Gasteiger partial charge in [-0.2, -0.15) is 0 Å². The summed E-state index contributed by atoms with van der Waals surface area (Å²) >= 11 is 0. The number of nitrogens with zero attached hydrogens (tertiary/aromatic N) is 4. The van der Waals surface area contributed by atoms with E-state index in [2.05, 4.69) is 15.0 Å². The molecule has 0 amide bonds. The van der Waals surface area contributed by atoms with Gasteiger partial charge in [-0.05, 0) is 0 Å². The van der Waals surface area contributed by atoms with Gasteiger partial charge < -0.3 is 34.7 Å². The molecule has 0 saturated carbocycles. The molecule has 4 atom stereocenters. The number of aromatic nitrogens is 4. The first kappa shape index (κ1) is 16.4. The predicted octanol–water partition coefficient (Wildman–Crippen LogP) is -2.43. The Morgan fingerprint density at radius 2 is 2.04 bits per heavy atom. The molecular formula is C14H19N5O6. The SMILES string of the molecule is O=c1[nH]cnc2c1nc(N1CCOCC1)n2[C@H]1O[C@@H](CO)[C@@H](O)[C@@H]1O. The molecule has 2 aromatic heterocycles. The molecular weight excluding hydrogens is 334 g/mol. The topological polar surface area (TPSA) is 146 Å². The van der Waals surface area contributed by atoms with Gasteiger partial charge in [-0.15, -0.1) is 0 Å². The summed E-state index contributed by atoms with van der Waals surface area (Å²) in [4.78, 5) is 25.0. The Morgan fingerprint density at radius 1 is 1.28 bits per heavy atom. The lowest BCUT2D eigenvalue weighted by atomic mass is 10.1. The molecule has 2 aromatic rings. The predicted molar refractivity (Wildman–Crippen MR) is 84.2 cm³/mol. The summed E-state index contributed by atoms with van der Waals surface area (Å²) in [5.41, 5.74) is -0.0631. The summed E-state index contributed by atoms with van der Waals surface area (Å²) in [6.45, 7) is 1.67. The highest BCUT2D eigenvalue weighted by atomic mass is 16.6. The van der Waals surface area contributed by atoms with Crippen LogP contribution in [0.5, 0.6) is 0 Å². The zero-order valence-electron chi connectivity index (χ0n) is 13.3. The van der Waals surface area contributed by atoms with Gasteiger partial charge in [0.15, 0.2) is 17.4 Å². The van der Waals surface area contributed by atoms with E-state index in [9.17, 15) is 20.1 Å². The summed E-state index contributed by atoms with van der Waals surface area (Å²) in [5, 5.41) is 29.8. The van der Waals surface area contributed by atoms with Gasteiger partial charge in [-0.3, -0.25) is 9.36 Å². The third kappa shape index (κ3) is 2.60. The molecule has 25 heavy (non-hydrogen) atoms. The van der Waals surface area contributed by atoms with Gasteiger partial charge in [0.05, 0.1) is 26.1 Å². The van der Waals surface area contributed by atoms with Crippen LogP contribution in [0, 0.1) is 0 Å². The monoisotopic (exact) mass is 353 g/mol. The second-order valence-electron chi connectivity index (χ2n) is 6.01. The Kier molecular flexibility index (Phi) is 4.17. The minimum absolute atomic E-state index is 0.113. The van der Waals surface area contributed by atoms with Crippen molar-refractivity contribution in [2.24, 2.45) is 0 Å². The zero-order valence-corrected chi connectivity index (χ0v) is 13.3. The van der Waals surface area contributed by atoms with Crippen LogP contribution in [0.1, 0.15) is 6.23 Å². The molecule has 11 heteroatoms. The van der Waals surface area contributed by atoms with E-state index in [1.165, 1.54) is 10.9 Å². The van der Waals surface area contributed by atoms with Crippen LogP contribution in [0.4, 0.5) is 5.95 Å². The quantitative estimate of drug-likeness (QED) is 0.473. The lowest BCUT2D eigenvalue weighted by Gasteiger charge is -2.30. The number of ether oxygens (including phenoxy) is 2. The largest absolute Gasteiger partial charge is 0.394 e. The third-order valence-corrected chi connectivity index (χ3v) is 4.53. The van der Waals surface area contributed by atoms with Crippen molar-refractivity contribution in [3.63, 3.8) is 0 Å². The number of morpholine rings is 1. The summed E-state index contributed by atoms with van der Waals surface area (Å²) < 4.78 is 12.5. The highest BCUT2D eigenvalue weighted by molar-refractivity contribution is 5.73. The van der Waals surface area contributed by atoms with Gasteiger partial charge in [0.25, 0.3) is 5.56 Å². The van der Waals surface area contributed by atoms with E-state index in [1.54, 1.807) is 0 Å². The maximum absolute atomic E-state index is 12.1. The minimum Gasteiger partial charge on any atom is -0.394 e. The van der Waals surface area contributed by atoms with Crippen LogP contribution >= 0.6 is 0 Å². The second kappa shape index (κ2) is 6.35. The lowest BCUT2D eigenvalue weighted by Crippen LogP contribution is -2.39. The average Bonchev–Trinajstić information content (AvgIpc) is 3.15. The number of fused-ring (bicyclic) bond motifs is 1. The number of hydrogen-bond donors (Lipinski definition) is 4. The number of nitrogens with one attached hydrogen (secondary N) is 1. The zero-order chi connectivity index (χ0) is 17.6. The molecule has 2 fully saturated rings. The number of H-pyrrole nitrogens is 1. The number of aliphatic hydroxyl groups is 3. The van der Waals surface area contributed by atoms with Crippen LogP contribution < -0.4 is 10.5 Å². The van der Waals surface area contributed by atoms with E-state index in [-0.39, 0.29) is 11.2 Å². The van der Waals surface area contributed by atoms with Gasteiger partial charge in [0.2, 0.25) is 5.95 Å². The summed E-state index contributed by atoms with van der Waals surface area (Å²) in [5.74, 6) is 0.400. The van der Waals surface area contributed by atoms with E-state index < -0.39 is 36.7 Å². The molecule has 4 heterocycles. The van der Waals surface area contributed by atoms with Crippen LogP contribution in [-0.4, -0.2) is 86.1 Å². The van der Waals surface area contributed by atoms with Crippen LogP contribution in [0.3, 0.4) is 0 Å². The number of hydrogen-bond acceptors (Lipinski definition) is 9. The van der Waals surface area contributed by atoms with E-state index >= 15 is 0 Å². The molecule has 0 aromatic carbocycles. The number of anilines is 1. The van der Waals surface area contributed by atoms with E-state index in [4.69, 9.17) is 9.47 Å². The van der Waals surface area contributed by atoms with Gasteiger partial charge in [0, 0.05) is 13.1 Å². The van der Waals surface area contributed by atoms with E-state index in [1.807, 2.05) is 4.90 Å². The first-order valence-corrected chi connectivity index (χ1v) is 8.02. The fourth-order valence-corrected chi connectivity index (χ4v) is 3.22. The number of rotatable bonds is 3. The van der Waals surface area contributed by atoms with Crippen molar-refractivity contribution >= 4 is 17.1 Å². The Hall–Kier alpha value is -2.05. The molecule has 0 radical (unpaired) electrons. The lowest BCUT2D eigenvalue weighted by molar-refractivity contribution is -0.0506. The molecule has 4 rings (SSSR count). The first-order chi connectivity index (χ1) is 12.1. The normalized spacial score (nSPS) is 30.3. The summed E-state index contributed by atoms with van der Waals surface area (Å²) in [6, 6.07) is 0.